The molecule has 0 spiro atoms. The molecule has 9 nitrogen and oxygen atoms in total. The molecule has 2 amide bonds. The van der Waals surface area contributed by atoms with E-state index < -0.39 is 15.8 Å². The summed E-state index contributed by atoms with van der Waals surface area (Å²) in [5.74, 6) is -0.397. The van der Waals surface area contributed by atoms with E-state index in [0.717, 1.165) is 0 Å². The van der Waals surface area contributed by atoms with Gasteiger partial charge in [-0.25, -0.2) is 12.8 Å². The minimum Gasteiger partial charge on any atom is -0.378 e. The van der Waals surface area contributed by atoms with Crippen LogP contribution in [0, 0.1) is 23.6 Å². The van der Waals surface area contributed by atoms with Crippen LogP contribution in [-0.2, 0) is 19.6 Å². The Balaban J connectivity index is 1.12. The third-order valence-corrected chi connectivity index (χ3v) is 9.06. The lowest BCUT2D eigenvalue weighted by Gasteiger charge is -2.29. The first-order valence-electron chi connectivity index (χ1n) is 12.0. The fraction of sp³-hybridized carbons (Fsp3) is 0.440. The van der Waals surface area contributed by atoms with E-state index in [-0.39, 0.29) is 40.0 Å². The highest BCUT2D eigenvalue weighted by atomic mass is 32.2. The van der Waals surface area contributed by atoms with Crippen molar-refractivity contribution in [3.63, 3.8) is 0 Å². The molecular weight excluding hydrogens is 487 g/mol. The Morgan fingerprint density at radius 1 is 1.06 bits per heavy atom. The van der Waals surface area contributed by atoms with Gasteiger partial charge in [0.15, 0.2) is 0 Å². The first kappa shape index (κ1) is 24.7. The van der Waals surface area contributed by atoms with Crippen LogP contribution in [0.25, 0.3) is 0 Å². The van der Waals surface area contributed by atoms with Gasteiger partial charge in [-0.2, -0.15) is 4.31 Å². The number of benzene rings is 2. The predicted octanol–water partition coefficient (Wildman–Crippen LogP) is 1.92. The number of nitrogens with one attached hydrogen (secondary N) is 2. The van der Waals surface area contributed by atoms with Gasteiger partial charge in [-0.3, -0.25) is 9.59 Å². The first-order valence-corrected chi connectivity index (χ1v) is 13.5. The van der Waals surface area contributed by atoms with E-state index in [2.05, 4.69) is 10.6 Å². The van der Waals surface area contributed by atoms with Crippen molar-refractivity contribution in [2.45, 2.75) is 11.8 Å². The molecule has 2 aromatic carbocycles. The molecule has 36 heavy (non-hydrogen) atoms. The van der Waals surface area contributed by atoms with Crippen molar-refractivity contribution in [3.05, 3.63) is 53.8 Å². The molecule has 11 heteroatoms. The van der Waals surface area contributed by atoms with Gasteiger partial charge in [-0.05, 0) is 60.2 Å². The van der Waals surface area contributed by atoms with Crippen molar-refractivity contribution >= 4 is 33.2 Å². The monoisotopic (exact) mass is 516 g/mol. The van der Waals surface area contributed by atoms with Gasteiger partial charge in [0.25, 0.3) is 5.91 Å². The molecule has 2 saturated heterocycles. The van der Waals surface area contributed by atoms with Crippen molar-refractivity contribution < 1.29 is 27.1 Å². The van der Waals surface area contributed by atoms with Gasteiger partial charge in [0.2, 0.25) is 15.9 Å². The van der Waals surface area contributed by atoms with Gasteiger partial charge >= 0.3 is 0 Å². The number of rotatable bonds is 7. The molecule has 5 rings (SSSR count). The maximum Gasteiger partial charge on any atom is 0.251 e. The van der Waals surface area contributed by atoms with E-state index in [1.165, 1.54) is 29.4 Å². The van der Waals surface area contributed by atoms with Crippen molar-refractivity contribution in [3.8, 4) is 0 Å². The van der Waals surface area contributed by atoms with Gasteiger partial charge in [0.1, 0.15) is 5.82 Å². The summed E-state index contributed by atoms with van der Waals surface area (Å²) < 4.78 is 47.4. The highest BCUT2D eigenvalue weighted by Crippen LogP contribution is 2.52. The standard InChI is InChI=1S/C25H29FN4O5S/c1-16(31)28-18-3-5-19(6-4-18)36(33,34)30-14-21-20(22(21)15-30)13-27-25(32)17-2-7-24(23(26)12-17)29-8-10-35-11-9-29/h2-7,12,20-22H,8-11,13-15H2,1H3,(H,27,32)(H,28,31). The smallest absolute Gasteiger partial charge is 0.251 e. The number of anilines is 2. The lowest BCUT2D eigenvalue weighted by molar-refractivity contribution is -0.114. The minimum absolute atomic E-state index is 0.185. The van der Waals surface area contributed by atoms with E-state index in [1.54, 1.807) is 24.3 Å². The van der Waals surface area contributed by atoms with Gasteiger partial charge in [0, 0.05) is 50.9 Å². The van der Waals surface area contributed by atoms with Gasteiger partial charge in [-0.15, -0.1) is 0 Å². The van der Waals surface area contributed by atoms with Gasteiger partial charge in [0.05, 0.1) is 23.8 Å². The molecule has 2 unspecified atom stereocenters. The predicted molar refractivity (Wildman–Crippen MR) is 132 cm³/mol. The zero-order chi connectivity index (χ0) is 25.4. The number of fused-ring (bicyclic) bond motifs is 1. The Morgan fingerprint density at radius 3 is 2.33 bits per heavy atom. The van der Waals surface area contributed by atoms with Crippen molar-refractivity contribution in [1.29, 1.82) is 0 Å². The second-order valence-corrected chi connectivity index (χ2v) is 11.4. The molecule has 1 aliphatic carbocycles. The zero-order valence-corrected chi connectivity index (χ0v) is 20.8. The Bertz CT molecular complexity index is 1250. The molecule has 1 saturated carbocycles. The van der Waals surface area contributed by atoms with Crippen LogP contribution < -0.4 is 15.5 Å². The van der Waals surface area contributed by atoms with Crippen molar-refractivity contribution in [1.82, 2.24) is 9.62 Å². The summed E-state index contributed by atoms with van der Waals surface area (Å²) >= 11 is 0. The second-order valence-electron chi connectivity index (χ2n) is 9.49. The van der Waals surface area contributed by atoms with E-state index in [9.17, 15) is 22.4 Å². The maximum absolute atomic E-state index is 14.6. The summed E-state index contributed by atoms with van der Waals surface area (Å²) in [6.45, 7) is 4.96. The summed E-state index contributed by atoms with van der Waals surface area (Å²) in [6, 6.07) is 10.6. The van der Waals surface area contributed by atoms with Crippen LogP contribution in [0.2, 0.25) is 0 Å². The van der Waals surface area contributed by atoms with Gasteiger partial charge < -0.3 is 20.3 Å². The third-order valence-electron chi connectivity index (χ3n) is 7.21. The summed E-state index contributed by atoms with van der Waals surface area (Å²) in [6.07, 6.45) is 0. The average molecular weight is 517 g/mol. The van der Waals surface area contributed by atoms with Crippen LogP contribution in [0.4, 0.5) is 15.8 Å². The fourth-order valence-electron chi connectivity index (χ4n) is 5.19. The highest BCUT2D eigenvalue weighted by Gasteiger charge is 2.57. The zero-order valence-electron chi connectivity index (χ0n) is 19.9. The summed E-state index contributed by atoms with van der Waals surface area (Å²) in [5, 5.41) is 5.50. The van der Waals surface area contributed by atoms with Crippen molar-refractivity contribution in [2.24, 2.45) is 17.8 Å². The van der Waals surface area contributed by atoms with E-state index >= 15 is 0 Å². The molecular formula is C25H29FN4O5S. The molecule has 192 valence electrons. The molecule has 2 heterocycles. The Labute approximate surface area is 209 Å². The Hall–Kier alpha value is -3.02. The van der Waals surface area contributed by atoms with Crippen LogP contribution >= 0.6 is 0 Å². The summed E-state index contributed by atoms with van der Waals surface area (Å²) in [4.78, 5) is 25.8. The largest absolute Gasteiger partial charge is 0.378 e. The number of carbonyl (C=O) groups excluding carboxylic acids is 2. The summed E-state index contributed by atoms with van der Waals surface area (Å²) in [5.41, 5.74) is 1.28. The van der Waals surface area contributed by atoms with E-state index in [1.807, 2.05) is 4.90 Å². The lowest BCUT2D eigenvalue weighted by Crippen LogP contribution is -2.37. The molecule has 2 aromatic rings. The normalized spacial score (nSPS) is 23.7. The SMILES string of the molecule is CC(=O)Nc1ccc(S(=O)(=O)N2CC3C(CNC(=O)c4ccc(N5CCOCC5)c(F)c4)C3C2)cc1. The minimum atomic E-state index is -3.62. The molecule has 0 radical (unpaired) electrons. The third kappa shape index (κ3) is 4.95. The number of sulfonamides is 1. The Kier molecular flexibility index (Phi) is 6.71. The van der Waals surface area contributed by atoms with E-state index in [4.69, 9.17) is 4.74 Å². The topological polar surface area (TPSA) is 108 Å². The number of carbonyl (C=O) groups is 2. The molecule has 3 aliphatic rings. The van der Waals surface area contributed by atoms with Crippen LogP contribution in [0.1, 0.15) is 17.3 Å². The van der Waals surface area contributed by atoms with Crippen LogP contribution in [0.3, 0.4) is 0 Å². The number of ether oxygens (including phenoxy) is 1. The number of amides is 2. The van der Waals surface area contributed by atoms with Gasteiger partial charge in [-0.1, -0.05) is 0 Å². The number of morpholine rings is 1. The van der Waals surface area contributed by atoms with Crippen LogP contribution in [0.5, 0.6) is 0 Å². The van der Waals surface area contributed by atoms with Crippen LogP contribution in [0.15, 0.2) is 47.4 Å². The molecule has 3 fully saturated rings. The van der Waals surface area contributed by atoms with E-state index in [0.29, 0.717) is 57.3 Å². The number of piperidine rings is 1. The highest BCUT2D eigenvalue weighted by molar-refractivity contribution is 7.89. The van der Waals surface area contributed by atoms with Crippen molar-refractivity contribution in [2.75, 3.05) is 56.2 Å². The first-order chi connectivity index (χ1) is 17.2. The molecule has 0 bridgehead atoms. The molecule has 2 N–H and O–H groups in total. The van der Waals surface area contributed by atoms with Crippen LogP contribution in [-0.4, -0.2) is 70.5 Å². The maximum atomic E-state index is 14.6. The Morgan fingerprint density at radius 2 is 1.72 bits per heavy atom. The number of hydrogen-bond acceptors (Lipinski definition) is 6. The number of hydrogen-bond donors (Lipinski definition) is 2. The fourth-order valence-corrected chi connectivity index (χ4v) is 6.71. The second kappa shape index (κ2) is 9.79. The molecule has 2 aliphatic heterocycles. The quantitative estimate of drug-likeness (QED) is 0.582. The molecule has 2 atom stereocenters. The lowest BCUT2D eigenvalue weighted by atomic mass is 10.1. The molecule has 0 aromatic heterocycles. The number of halogens is 1. The average Bonchev–Trinajstić information content (AvgIpc) is 3.30. The summed E-state index contributed by atoms with van der Waals surface area (Å²) in [7, 11) is -3.62. The number of nitrogens with zero attached hydrogens (tertiary/aromatic N) is 2.